The molecule has 0 radical (unpaired) electrons. The van der Waals surface area contributed by atoms with E-state index >= 15 is 0 Å². The largest absolute Gasteiger partial charge is 0.389 e. The number of aromatic amines is 1. The molecule has 1 amide bonds. The van der Waals surface area contributed by atoms with E-state index in [1.807, 2.05) is 11.0 Å². The monoisotopic (exact) mass is 406 g/mol. The van der Waals surface area contributed by atoms with Crippen molar-refractivity contribution in [3.05, 3.63) is 52.8 Å². The van der Waals surface area contributed by atoms with Gasteiger partial charge in [-0.2, -0.15) is 5.10 Å². The molecule has 1 saturated carbocycles. The molecule has 6 heteroatoms. The maximum absolute atomic E-state index is 12.9. The third-order valence-electron chi connectivity index (χ3n) is 7.01. The highest BCUT2D eigenvalue weighted by Crippen LogP contribution is 2.57. The summed E-state index contributed by atoms with van der Waals surface area (Å²) in [5.74, 6) is 1.88. The molecule has 1 saturated heterocycles. The minimum Gasteiger partial charge on any atom is -0.389 e. The lowest BCUT2D eigenvalue weighted by Gasteiger charge is -2.27. The van der Waals surface area contributed by atoms with Gasteiger partial charge in [0, 0.05) is 24.7 Å². The predicted molar refractivity (Wildman–Crippen MR) is 116 cm³/mol. The number of hydrogen-bond acceptors (Lipinski definition) is 4. The molecule has 2 aliphatic heterocycles. The highest BCUT2D eigenvalue weighted by molar-refractivity contribution is 5.98. The first kappa shape index (κ1) is 19.3. The van der Waals surface area contributed by atoms with Crippen molar-refractivity contribution in [1.29, 1.82) is 0 Å². The number of oxime groups is 1. The van der Waals surface area contributed by atoms with Gasteiger partial charge in [-0.1, -0.05) is 48.8 Å². The number of fused-ring (bicyclic) bond motifs is 1. The molecule has 0 spiro atoms. The number of likely N-dealkylation sites (tertiary alicyclic amines) is 1. The Bertz CT molecular complexity index is 1010. The summed E-state index contributed by atoms with van der Waals surface area (Å²) < 4.78 is 0. The molecule has 0 bridgehead atoms. The third kappa shape index (κ3) is 3.04. The van der Waals surface area contributed by atoms with Crippen LogP contribution in [0.15, 0.2) is 35.5 Å². The molecule has 1 aromatic carbocycles. The van der Waals surface area contributed by atoms with Crippen molar-refractivity contribution >= 4 is 11.6 Å². The zero-order chi connectivity index (χ0) is 21.2. The van der Waals surface area contributed by atoms with E-state index in [2.05, 4.69) is 74.2 Å². The summed E-state index contributed by atoms with van der Waals surface area (Å²) in [5, 5.41) is 11.8. The van der Waals surface area contributed by atoms with Crippen LogP contribution in [0.25, 0.3) is 0 Å². The average Bonchev–Trinajstić information content (AvgIpc) is 3.11. The van der Waals surface area contributed by atoms with Gasteiger partial charge in [0.1, 0.15) is 11.3 Å². The Kier molecular flexibility index (Phi) is 4.31. The number of aromatic nitrogens is 2. The summed E-state index contributed by atoms with van der Waals surface area (Å²) >= 11 is 0. The minimum absolute atomic E-state index is 0.0317. The van der Waals surface area contributed by atoms with Gasteiger partial charge in [0.25, 0.3) is 5.91 Å². The third-order valence-corrected chi connectivity index (χ3v) is 7.01. The normalized spacial score (nSPS) is 29.0. The molecule has 3 heterocycles. The SMILES string of the molecule is Cc1cccc(C2C(C3C4CN(C(=O)c5cc(C(C)C)[nH]n5)CC43)=NOC2(C)C)c1. The summed E-state index contributed by atoms with van der Waals surface area (Å²) in [7, 11) is 0. The van der Waals surface area contributed by atoms with Gasteiger partial charge in [0.2, 0.25) is 0 Å². The topological polar surface area (TPSA) is 70.6 Å². The molecule has 3 unspecified atom stereocenters. The van der Waals surface area contributed by atoms with Crippen LogP contribution in [0.3, 0.4) is 0 Å². The molecule has 30 heavy (non-hydrogen) atoms. The molecule has 2 aromatic rings. The van der Waals surface area contributed by atoms with Crippen LogP contribution in [-0.4, -0.2) is 45.4 Å². The van der Waals surface area contributed by atoms with Gasteiger partial charge in [-0.15, -0.1) is 0 Å². The first-order valence-electron chi connectivity index (χ1n) is 10.9. The fraction of sp³-hybridized carbons (Fsp3) is 0.542. The molecule has 158 valence electrons. The number of carbonyl (C=O) groups is 1. The molecule has 1 N–H and O–H groups in total. The number of benzene rings is 1. The molecular weight excluding hydrogens is 376 g/mol. The van der Waals surface area contributed by atoms with Gasteiger partial charge in [-0.25, -0.2) is 0 Å². The fourth-order valence-corrected chi connectivity index (χ4v) is 5.34. The highest BCUT2D eigenvalue weighted by Gasteiger charge is 2.62. The van der Waals surface area contributed by atoms with E-state index in [0.717, 1.165) is 24.5 Å². The Hall–Kier alpha value is -2.63. The van der Waals surface area contributed by atoms with E-state index in [4.69, 9.17) is 4.84 Å². The molecule has 6 nitrogen and oxygen atoms in total. The maximum atomic E-state index is 12.9. The van der Waals surface area contributed by atoms with Crippen molar-refractivity contribution < 1.29 is 9.63 Å². The van der Waals surface area contributed by atoms with Gasteiger partial charge in [-0.3, -0.25) is 9.89 Å². The summed E-state index contributed by atoms with van der Waals surface area (Å²) in [4.78, 5) is 20.7. The maximum Gasteiger partial charge on any atom is 0.274 e. The van der Waals surface area contributed by atoms with Crippen LogP contribution in [0.1, 0.15) is 66.8 Å². The van der Waals surface area contributed by atoms with Crippen LogP contribution in [0, 0.1) is 24.7 Å². The van der Waals surface area contributed by atoms with Gasteiger partial charge >= 0.3 is 0 Å². The Balaban J connectivity index is 1.30. The van der Waals surface area contributed by atoms with Crippen LogP contribution in [0.2, 0.25) is 0 Å². The summed E-state index contributed by atoms with van der Waals surface area (Å²) in [6.45, 7) is 12.1. The number of amides is 1. The lowest BCUT2D eigenvalue weighted by molar-refractivity contribution is 0.00187. The number of nitrogens with zero attached hydrogens (tertiary/aromatic N) is 3. The van der Waals surface area contributed by atoms with E-state index in [9.17, 15) is 4.79 Å². The van der Waals surface area contributed by atoms with E-state index in [1.54, 1.807) is 0 Å². The van der Waals surface area contributed by atoms with Crippen molar-refractivity contribution in [2.45, 2.75) is 52.1 Å². The molecule has 3 atom stereocenters. The second kappa shape index (κ2) is 6.69. The van der Waals surface area contributed by atoms with Gasteiger partial charge in [0.05, 0.1) is 11.6 Å². The van der Waals surface area contributed by atoms with E-state index < -0.39 is 0 Å². The number of aryl methyl sites for hydroxylation is 1. The first-order valence-corrected chi connectivity index (χ1v) is 10.9. The number of nitrogens with one attached hydrogen (secondary N) is 1. The van der Waals surface area contributed by atoms with E-state index in [1.165, 1.54) is 11.1 Å². The van der Waals surface area contributed by atoms with Gasteiger partial charge < -0.3 is 9.74 Å². The molecule has 3 aliphatic rings. The van der Waals surface area contributed by atoms with Crippen molar-refractivity contribution in [2.75, 3.05) is 13.1 Å². The summed E-state index contributed by atoms with van der Waals surface area (Å²) in [6.07, 6.45) is 0. The van der Waals surface area contributed by atoms with Crippen LogP contribution >= 0.6 is 0 Å². The molecule has 5 rings (SSSR count). The second-order valence-corrected chi connectivity index (χ2v) is 9.98. The predicted octanol–water partition coefficient (Wildman–Crippen LogP) is 4.11. The number of hydrogen-bond donors (Lipinski definition) is 1. The minimum atomic E-state index is -0.349. The van der Waals surface area contributed by atoms with Crippen LogP contribution in [0.4, 0.5) is 0 Å². The van der Waals surface area contributed by atoms with E-state index in [-0.39, 0.29) is 17.4 Å². The standard InChI is InChI=1S/C24H30N4O2/c1-13(2)18-10-19(26-25-18)23(29)28-11-16-17(12-28)20(16)22-21(24(4,5)30-27-22)15-8-6-7-14(3)9-15/h6-10,13,16-17,20-21H,11-12H2,1-5H3,(H,25,26). The molecule has 2 fully saturated rings. The fourth-order valence-electron chi connectivity index (χ4n) is 5.34. The lowest BCUT2D eigenvalue weighted by atomic mass is 9.79. The zero-order valence-corrected chi connectivity index (χ0v) is 18.3. The lowest BCUT2D eigenvalue weighted by Crippen LogP contribution is -2.35. The molecular formula is C24H30N4O2. The van der Waals surface area contributed by atoms with E-state index in [0.29, 0.717) is 29.4 Å². The highest BCUT2D eigenvalue weighted by atomic mass is 16.7. The second-order valence-electron chi connectivity index (χ2n) is 9.98. The first-order chi connectivity index (χ1) is 14.3. The number of piperidine rings is 1. The Morgan fingerprint density at radius 2 is 1.97 bits per heavy atom. The molecule has 1 aromatic heterocycles. The van der Waals surface area contributed by atoms with Crippen molar-refractivity contribution in [3.8, 4) is 0 Å². The number of rotatable bonds is 4. The van der Waals surface area contributed by atoms with Crippen LogP contribution < -0.4 is 0 Å². The van der Waals surface area contributed by atoms with Crippen LogP contribution in [0.5, 0.6) is 0 Å². The average molecular weight is 407 g/mol. The smallest absolute Gasteiger partial charge is 0.274 e. The van der Waals surface area contributed by atoms with Crippen molar-refractivity contribution in [1.82, 2.24) is 15.1 Å². The molecule has 1 aliphatic carbocycles. The quantitative estimate of drug-likeness (QED) is 0.831. The van der Waals surface area contributed by atoms with Crippen molar-refractivity contribution in [3.63, 3.8) is 0 Å². The Morgan fingerprint density at radius 3 is 2.60 bits per heavy atom. The number of carbonyl (C=O) groups excluding carboxylic acids is 1. The summed E-state index contributed by atoms with van der Waals surface area (Å²) in [5.41, 5.74) is 4.86. The zero-order valence-electron chi connectivity index (χ0n) is 18.3. The van der Waals surface area contributed by atoms with Crippen molar-refractivity contribution in [2.24, 2.45) is 22.9 Å². The number of H-pyrrole nitrogens is 1. The van der Waals surface area contributed by atoms with Gasteiger partial charge in [0.15, 0.2) is 0 Å². The van der Waals surface area contributed by atoms with Gasteiger partial charge in [-0.05, 0) is 50.2 Å². The Morgan fingerprint density at radius 1 is 1.23 bits per heavy atom. The summed E-state index contributed by atoms with van der Waals surface area (Å²) in [6, 6.07) is 10.5. The Labute approximate surface area is 177 Å². The van der Waals surface area contributed by atoms with Crippen LogP contribution in [-0.2, 0) is 4.84 Å².